The minimum Gasteiger partial charge on any atom is -0.349 e. The lowest BCUT2D eigenvalue weighted by molar-refractivity contribution is -0.120. The molecule has 1 heterocycles. The monoisotopic (exact) mass is 497 g/mol. The van der Waals surface area contributed by atoms with Crippen LogP contribution in [0.3, 0.4) is 0 Å². The summed E-state index contributed by atoms with van der Waals surface area (Å²) in [6.45, 7) is 1.78. The Morgan fingerprint density at radius 2 is 1.68 bits per heavy atom. The van der Waals surface area contributed by atoms with Crippen LogP contribution in [0, 0.1) is 12.7 Å². The number of amides is 3. The summed E-state index contributed by atoms with van der Waals surface area (Å²) >= 11 is 12.0. The maximum absolute atomic E-state index is 13.5. The molecule has 0 bridgehead atoms. The second-order valence-corrected chi connectivity index (χ2v) is 8.37. The number of halogens is 3. The summed E-state index contributed by atoms with van der Waals surface area (Å²) in [7, 11) is 1.66. The van der Waals surface area contributed by atoms with Gasteiger partial charge in [-0.1, -0.05) is 47.5 Å². The number of hydrogen-bond donors (Lipinski definition) is 1. The van der Waals surface area contributed by atoms with Crippen molar-refractivity contribution in [1.29, 1.82) is 0 Å². The molecule has 1 aliphatic heterocycles. The van der Waals surface area contributed by atoms with E-state index in [9.17, 15) is 18.8 Å². The highest BCUT2D eigenvalue weighted by atomic mass is 35.5. The van der Waals surface area contributed by atoms with Gasteiger partial charge in [0.2, 0.25) is 0 Å². The highest BCUT2D eigenvalue weighted by Crippen LogP contribution is 2.33. The van der Waals surface area contributed by atoms with E-state index in [1.807, 2.05) is 30.3 Å². The van der Waals surface area contributed by atoms with Crippen LogP contribution in [-0.2, 0) is 9.59 Å². The van der Waals surface area contributed by atoms with Gasteiger partial charge in [-0.2, -0.15) is 0 Å². The lowest BCUT2D eigenvalue weighted by Crippen LogP contribution is -2.32. The third kappa shape index (κ3) is 4.27. The molecule has 0 fully saturated rings. The third-order valence-electron chi connectivity index (χ3n) is 5.38. The summed E-state index contributed by atoms with van der Waals surface area (Å²) in [6, 6.07) is 17.6. The minimum atomic E-state index is -0.773. The van der Waals surface area contributed by atoms with Gasteiger partial charge in [-0.05, 0) is 55.0 Å². The average molecular weight is 498 g/mol. The first-order chi connectivity index (χ1) is 16.2. The van der Waals surface area contributed by atoms with E-state index in [0.717, 1.165) is 22.2 Å². The molecule has 9 heteroatoms. The van der Waals surface area contributed by atoms with Crippen LogP contribution in [0.15, 0.2) is 77.5 Å². The molecule has 3 aromatic carbocycles. The number of rotatable bonds is 5. The number of aryl methyl sites for hydroxylation is 1. The summed E-state index contributed by atoms with van der Waals surface area (Å²) in [5.41, 5.74) is 2.17. The molecule has 0 aromatic heterocycles. The van der Waals surface area contributed by atoms with Crippen molar-refractivity contribution in [2.24, 2.45) is 0 Å². The number of imide groups is 1. The number of nitrogens with one attached hydrogen (secondary N) is 1. The van der Waals surface area contributed by atoms with Gasteiger partial charge in [-0.15, -0.1) is 0 Å². The van der Waals surface area contributed by atoms with E-state index in [1.54, 1.807) is 32.2 Å². The molecule has 0 atom stereocenters. The van der Waals surface area contributed by atoms with E-state index >= 15 is 0 Å². The second-order valence-electron chi connectivity index (χ2n) is 7.59. The molecule has 3 aromatic rings. The van der Waals surface area contributed by atoms with Gasteiger partial charge in [0, 0.05) is 24.0 Å². The lowest BCUT2D eigenvalue weighted by Gasteiger charge is -2.19. The fraction of sp³-hybridized carbons (Fsp3) is 0.0800. The molecule has 1 N–H and O–H groups in total. The van der Waals surface area contributed by atoms with Gasteiger partial charge < -0.3 is 10.2 Å². The highest BCUT2D eigenvalue weighted by Gasteiger charge is 2.39. The van der Waals surface area contributed by atoms with Gasteiger partial charge in [-0.3, -0.25) is 14.4 Å². The predicted octanol–water partition coefficient (Wildman–Crippen LogP) is 5.50. The molecule has 1 aliphatic rings. The fourth-order valence-electron chi connectivity index (χ4n) is 3.46. The first-order valence-electron chi connectivity index (χ1n) is 10.1. The van der Waals surface area contributed by atoms with Gasteiger partial charge in [0.1, 0.15) is 16.5 Å². The van der Waals surface area contributed by atoms with E-state index in [0.29, 0.717) is 11.3 Å². The van der Waals surface area contributed by atoms with E-state index in [-0.39, 0.29) is 27.3 Å². The first-order valence-corrected chi connectivity index (χ1v) is 10.9. The van der Waals surface area contributed by atoms with E-state index < -0.39 is 17.6 Å². The van der Waals surface area contributed by atoms with Crippen LogP contribution in [0.25, 0.3) is 0 Å². The molecule has 4 rings (SSSR count). The van der Waals surface area contributed by atoms with Crippen molar-refractivity contribution in [2.45, 2.75) is 6.92 Å². The molecule has 0 unspecified atom stereocenters. The summed E-state index contributed by atoms with van der Waals surface area (Å²) in [6.07, 6.45) is 0. The lowest BCUT2D eigenvalue weighted by atomic mass is 10.1. The van der Waals surface area contributed by atoms with E-state index in [1.165, 1.54) is 17.0 Å². The van der Waals surface area contributed by atoms with Gasteiger partial charge in [-0.25, -0.2) is 9.29 Å². The number of carbonyl (C=O) groups excluding carboxylic acids is 3. The maximum atomic E-state index is 13.5. The normalized spacial score (nSPS) is 13.5. The molecule has 0 spiro atoms. The van der Waals surface area contributed by atoms with E-state index in [4.69, 9.17) is 23.2 Å². The predicted molar refractivity (Wildman–Crippen MR) is 131 cm³/mol. The van der Waals surface area contributed by atoms with Crippen LogP contribution in [0.1, 0.15) is 15.9 Å². The smallest absolute Gasteiger partial charge is 0.283 e. The van der Waals surface area contributed by atoms with Crippen molar-refractivity contribution in [3.63, 3.8) is 0 Å². The molecule has 3 amide bonds. The Morgan fingerprint density at radius 1 is 0.971 bits per heavy atom. The van der Waals surface area contributed by atoms with Gasteiger partial charge >= 0.3 is 0 Å². The largest absolute Gasteiger partial charge is 0.349 e. The zero-order chi connectivity index (χ0) is 24.6. The second kappa shape index (κ2) is 9.29. The van der Waals surface area contributed by atoms with Crippen LogP contribution in [0.4, 0.5) is 21.5 Å². The molecule has 0 radical (unpaired) electrons. The average Bonchev–Trinajstić information content (AvgIpc) is 3.04. The van der Waals surface area contributed by atoms with Crippen molar-refractivity contribution in [3.8, 4) is 0 Å². The van der Waals surface area contributed by atoms with Crippen molar-refractivity contribution < 1.29 is 18.8 Å². The summed E-state index contributed by atoms with van der Waals surface area (Å²) in [5, 5.41) is 2.33. The maximum Gasteiger partial charge on any atom is 0.283 e. The Balaban J connectivity index is 1.62. The van der Waals surface area contributed by atoms with Crippen LogP contribution in [0.2, 0.25) is 5.02 Å². The Kier molecular flexibility index (Phi) is 6.41. The topological polar surface area (TPSA) is 69.7 Å². The SMILES string of the molecule is Cc1ccc(C(=O)N(C)c2ccccc2)cc1NC1=C(Cl)C(=O)N(c2ccc(F)c(Cl)c2)C1=O. The zero-order valence-corrected chi connectivity index (χ0v) is 19.6. The molecular formula is C25H18Cl2FN3O3. The van der Waals surface area contributed by atoms with Gasteiger partial charge in [0.15, 0.2) is 0 Å². The summed E-state index contributed by atoms with van der Waals surface area (Å²) in [4.78, 5) is 41.1. The van der Waals surface area contributed by atoms with Crippen molar-refractivity contribution in [2.75, 3.05) is 22.2 Å². The fourth-order valence-corrected chi connectivity index (χ4v) is 3.84. The number of benzene rings is 3. The zero-order valence-electron chi connectivity index (χ0n) is 18.1. The minimum absolute atomic E-state index is 0.0847. The molecule has 6 nitrogen and oxygen atoms in total. The Labute approximate surface area is 205 Å². The van der Waals surface area contributed by atoms with E-state index in [2.05, 4.69) is 5.32 Å². The highest BCUT2D eigenvalue weighted by molar-refractivity contribution is 6.53. The Hall–Kier alpha value is -3.68. The number of carbonyl (C=O) groups is 3. The van der Waals surface area contributed by atoms with Crippen molar-refractivity contribution in [1.82, 2.24) is 0 Å². The number of hydrogen-bond acceptors (Lipinski definition) is 4. The standard InChI is InChI=1S/C25H18Cl2FN3O3/c1-14-8-9-15(23(32)30(2)16-6-4-3-5-7-16)12-20(14)29-22-21(27)24(33)31(25(22)34)17-10-11-19(28)18(26)13-17/h3-13,29H,1-2H3. The number of para-hydroxylation sites is 1. The molecule has 172 valence electrons. The molecule has 34 heavy (non-hydrogen) atoms. The molecule has 0 saturated heterocycles. The first kappa shape index (κ1) is 23.5. The molecular weight excluding hydrogens is 480 g/mol. The van der Waals surface area contributed by atoms with Crippen LogP contribution in [-0.4, -0.2) is 24.8 Å². The number of nitrogens with zero attached hydrogens (tertiary/aromatic N) is 2. The molecule has 0 aliphatic carbocycles. The van der Waals surface area contributed by atoms with Gasteiger partial charge in [0.05, 0.1) is 10.7 Å². The summed E-state index contributed by atoms with van der Waals surface area (Å²) in [5.74, 6) is -2.44. The van der Waals surface area contributed by atoms with Crippen molar-refractivity contribution in [3.05, 3.63) is 99.4 Å². The van der Waals surface area contributed by atoms with Crippen LogP contribution < -0.4 is 15.1 Å². The molecule has 0 saturated carbocycles. The van der Waals surface area contributed by atoms with Crippen molar-refractivity contribution >= 4 is 58.0 Å². The van der Waals surface area contributed by atoms with Crippen LogP contribution in [0.5, 0.6) is 0 Å². The Bertz CT molecular complexity index is 1360. The number of anilines is 3. The third-order valence-corrected chi connectivity index (χ3v) is 6.02. The van der Waals surface area contributed by atoms with Gasteiger partial charge in [0.25, 0.3) is 17.7 Å². The Morgan fingerprint density at radius 3 is 2.35 bits per heavy atom. The summed E-state index contributed by atoms with van der Waals surface area (Å²) < 4.78 is 13.5. The quantitative estimate of drug-likeness (QED) is 0.472. The van der Waals surface area contributed by atoms with Crippen LogP contribution >= 0.6 is 23.2 Å².